The lowest BCUT2D eigenvalue weighted by atomic mass is 10.1. The number of benzene rings is 1. The molecule has 2 N–H and O–H groups in total. The second-order valence-corrected chi connectivity index (χ2v) is 5.35. The Hall–Kier alpha value is -2.24. The zero-order valence-corrected chi connectivity index (χ0v) is 15.1. The third kappa shape index (κ3) is 7.35. The van der Waals surface area contributed by atoms with E-state index in [1.165, 1.54) is 0 Å². The Labute approximate surface area is 144 Å². The van der Waals surface area contributed by atoms with E-state index in [1.807, 2.05) is 39.0 Å². The lowest BCUT2D eigenvalue weighted by molar-refractivity contribution is -0.143. The second-order valence-electron chi connectivity index (χ2n) is 5.35. The molecule has 0 unspecified atom stereocenters. The zero-order valence-electron chi connectivity index (χ0n) is 15.1. The molecule has 1 rings (SSSR count). The van der Waals surface area contributed by atoms with Crippen LogP contribution >= 0.6 is 0 Å². The molecule has 0 saturated carbocycles. The van der Waals surface area contributed by atoms with Crippen LogP contribution in [0.25, 0.3) is 0 Å². The number of nitrogens with zero attached hydrogens (tertiary/aromatic N) is 1. The van der Waals surface area contributed by atoms with Gasteiger partial charge in [0.15, 0.2) is 5.96 Å². The van der Waals surface area contributed by atoms with Gasteiger partial charge in [-0.25, -0.2) is 4.99 Å². The minimum absolute atomic E-state index is 0.161. The fraction of sp³-hybridized carbons (Fsp3) is 0.556. The quantitative estimate of drug-likeness (QED) is 0.314. The summed E-state index contributed by atoms with van der Waals surface area (Å²) < 4.78 is 10.3. The molecule has 0 fully saturated rings. The Balaban J connectivity index is 2.55. The molecule has 0 aliphatic heterocycles. The third-order valence-corrected chi connectivity index (χ3v) is 3.35. The third-order valence-electron chi connectivity index (χ3n) is 3.35. The van der Waals surface area contributed by atoms with Crippen molar-refractivity contribution in [3.05, 3.63) is 29.3 Å². The molecular formula is C18H29N3O3. The number of nitrogens with one attached hydrogen (secondary N) is 2. The van der Waals surface area contributed by atoms with Gasteiger partial charge in [-0.3, -0.25) is 4.79 Å². The van der Waals surface area contributed by atoms with Crippen molar-refractivity contribution in [3.8, 4) is 5.75 Å². The summed E-state index contributed by atoms with van der Waals surface area (Å²) in [5, 5.41) is 6.42. The van der Waals surface area contributed by atoms with Crippen molar-refractivity contribution in [2.45, 2.75) is 40.2 Å². The van der Waals surface area contributed by atoms with E-state index in [9.17, 15) is 4.79 Å². The van der Waals surface area contributed by atoms with Crippen molar-refractivity contribution in [3.63, 3.8) is 0 Å². The Kier molecular flexibility index (Phi) is 9.34. The van der Waals surface area contributed by atoms with Crippen LogP contribution < -0.4 is 15.4 Å². The fourth-order valence-corrected chi connectivity index (χ4v) is 2.16. The van der Waals surface area contributed by atoms with Crippen molar-refractivity contribution >= 4 is 11.9 Å². The minimum Gasteiger partial charge on any atom is -0.496 e. The number of carbonyl (C=O) groups excluding carboxylic acids is 1. The Bertz CT molecular complexity index is 544. The van der Waals surface area contributed by atoms with Crippen LogP contribution in [0.5, 0.6) is 5.75 Å². The highest BCUT2D eigenvalue weighted by atomic mass is 16.5. The normalized spacial score (nSPS) is 11.1. The molecule has 0 heterocycles. The summed E-state index contributed by atoms with van der Waals surface area (Å²) in [6.45, 7) is 8.24. The van der Waals surface area contributed by atoms with Gasteiger partial charge in [0.1, 0.15) is 5.75 Å². The molecule has 1 aromatic carbocycles. The van der Waals surface area contributed by atoms with Crippen LogP contribution in [0.2, 0.25) is 0 Å². The van der Waals surface area contributed by atoms with Gasteiger partial charge in [0.25, 0.3) is 0 Å². The number of methoxy groups -OCH3 is 1. The first-order chi connectivity index (χ1) is 11.6. The van der Waals surface area contributed by atoms with Crippen LogP contribution in [0.4, 0.5) is 0 Å². The lowest BCUT2D eigenvalue weighted by Crippen LogP contribution is -2.37. The summed E-state index contributed by atoms with van der Waals surface area (Å²) in [5.74, 6) is 1.41. The van der Waals surface area contributed by atoms with E-state index in [0.717, 1.165) is 29.4 Å². The van der Waals surface area contributed by atoms with E-state index in [0.29, 0.717) is 32.5 Å². The Morgan fingerprint density at radius 3 is 2.71 bits per heavy atom. The van der Waals surface area contributed by atoms with Crippen molar-refractivity contribution in [2.24, 2.45) is 4.99 Å². The number of esters is 1. The van der Waals surface area contributed by atoms with Gasteiger partial charge in [0.2, 0.25) is 0 Å². The number of rotatable bonds is 9. The summed E-state index contributed by atoms with van der Waals surface area (Å²) >= 11 is 0. The summed E-state index contributed by atoms with van der Waals surface area (Å²) in [5.41, 5.74) is 2.19. The maximum absolute atomic E-state index is 11.3. The molecule has 6 nitrogen and oxygen atoms in total. The molecule has 0 aliphatic rings. The molecule has 134 valence electrons. The molecule has 1 aromatic rings. The van der Waals surface area contributed by atoms with Crippen LogP contribution in [-0.2, 0) is 16.1 Å². The van der Waals surface area contributed by atoms with Gasteiger partial charge in [-0.2, -0.15) is 0 Å². The minimum atomic E-state index is -0.161. The molecule has 0 saturated heterocycles. The van der Waals surface area contributed by atoms with Gasteiger partial charge in [-0.15, -0.1) is 0 Å². The monoisotopic (exact) mass is 335 g/mol. The molecule has 0 atom stereocenters. The van der Waals surface area contributed by atoms with E-state index >= 15 is 0 Å². The number of guanidine groups is 1. The molecule has 0 amide bonds. The van der Waals surface area contributed by atoms with Crippen LogP contribution in [0.15, 0.2) is 23.2 Å². The van der Waals surface area contributed by atoms with Gasteiger partial charge in [0, 0.05) is 25.1 Å². The fourth-order valence-electron chi connectivity index (χ4n) is 2.16. The number of carbonyl (C=O) groups is 1. The smallest absolute Gasteiger partial charge is 0.305 e. The van der Waals surface area contributed by atoms with Crippen LogP contribution in [-0.4, -0.2) is 38.7 Å². The van der Waals surface area contributed by atoms with Crippen molar-refractivity contribution in [1.29, 1.82) is 0 Å². The van der Waals surface area contributed by atoms with E-state index in [2.05, 4.69) is 15.6 Å². The highest BCUT2D eigenvalue weighted by Gasteiger charge is 2.05. The molecule has 0 aromatic heterocycles. The summed E-state index contributed by atoms with van der Waals surface area (Å²) in [4.78, 5) is 15.9. The Morgan fingerprint density at radius 1 is 1.25 bits per heavy atom. The summed E-state index contributed by atoms with van der Waals surface area (Å²) in [7, 11) is 1.67. The predicted molar refractivity (Wildman–Crippen MR) is 96.4 cm³/mol. The van der Waals surface area contributed by atoms with Crippen LogP contribution in [0.3, 0.4) is 0 Å². The van der Waals surface area contributed by atoms with Gasteiger partial charge >= 0.3 is 5.97 Å². The first-order valence-electron chi connectivity index (χ1n) is 8.42. The molecule has 0 spiro atoms. The SMILES string of the molecule is CCNC(=NCc1ccc(C)cc1OC)NCCCC(=O)OCC. The van der Waals surface area contributed by atoms with E-state index in [1.54, 1.807) is 7.11 Å². The highest BCUT2D eigenvalue weighted by molar-refractivity contribution is 5.79. The largest absolute Gasteiger partial charge is 0.496 e. The number of aryl methyl sites for hydroxylation is 1. The average Bonchev–Trinajstić information content (AvgIpc) is 2.57. The van der Waals surface area contributed by atoms with E-state index < -0.39 is 0 Å². The zero-order chi connectivity index (χ0) is 17.8. The van der Waals surface area contributed by atoms with E-state index in [-0.39, 0.29) is 5.97 Å². The molecule has 6 heteroatoms. The molecule has 24 heavy (non-hydrogen) atoms. The Morgan fingerprint density at radius 2 is 2.04 bits per heavy atom. The van der Waals surface area contributed by atoms with Crippen LogP contribution in [0, 0.1) is 6.92 Å². The van der Waals surface area contributed by atoms with Gasteiger partial charge in [-0.1, -0.05) is 12.1 Å². The van der Waals surface area contributed by atoms with Crippen molar-refractivity contribution < 1.29 is 14.3 Å². The molecular weight excluding hydrogens is 306 g/mol. The summed E-state index contributed by atoms with van der Waals surface area (Å²) in [6, 6.07) is 6.08. The number of ether oxygens (including phenoxy) is 2. The first-order valence-corrected chi connectivity index (χ1v) is 8.42. The first kappa shape index (κ1) is 19.8. The lowest BCUT2D eigenvalue weighted by Gasteiger charge is -2.12. The van der Waals surface area contributed by atoms with Crippen molar-refractivity contribution in [1.82, 2.24) is 10.6 Å². The molecule has 0 bridgehead atoms. The maximum Gasteiger partial charge on any atom is 0.305 e. The number of aliphatic imine (C=N–C) groups is 1. The molecule has 0 radical (unpaired) electrons. The standard InChI is InChI=1S/C18H29N3O3/c1-5-19-18(20-11-7-8-17(22)24-6-2)21-13-15-10-9-14(3)12-16(15)23-4/h9-10,12H,5-8,11,13H2,1-4H3,(H2,19,20,21). The highest BCUT2D eigenvalue weighted by Crippen LogP contribution is 2.20. The molecule has 0 aliphatic carbocycles. The van der Waals surface area contributed by atoms with E-state index in [4.69, 9.17) is 9.47 Å². The van der Waals surface area contributed by atoms with Gasteiger partial charge < -0.3 is 20.1 Å². The van der Waals surface area contributed by atoms with Gasteiger partial charge in [-0.05, 0) is 38.8 Å². The predicted octanol–water partition coefficient (Wildman–Crippen LogP) is 2.40. The maximum atomic E-state index is 11.3. The van der Waals surface area contributed by atoms with Crippen LogP contribution in [0.1, 0.15) is 37.8 Å². The van der Waals surface area contributed by atoms with Crippen molar-refractivity contribution in [2.75, 3.05) is 26.8 Å². The topological polar surface area (TPSA) is 72.0 Å². The number of hydrogen-bond acceptors (Lipinski definition) is 4. The summed E-state index contributed by atoms with van der Waals surface area (Å²) in [6.07, 6.45) is 1.11. The number of hydrogen-bond donors (Lipinski definition) is 2. The van der Waals surface area contributed by atoms with Gasteiger partial charge in [0.05, 0.1) is 20.3 Å². The average molecular weight is 335 g/mol. The second kappa shape index (κ2) is 11.3.